The first-order valence-corrected chi connectivity index (χ1v) is 10.3. The molecule has 0 saturated heterocycles. The number of sulfonamides is 1. The average Bonchev–Trinajstić information content (AvgIpc) is 2.94. The lowest BCUT2D eigenvalue weighted by Gasteiger charge is -2.06. The number of nitrogens with two attached hydrogens (primary N) is 1. The van der Waals surface area contributed by atoms with E-state index in [2.05, 4.69) is 12.2 Å². The molecule has 7 nitrogen and oxygen atoms in total. The number of ether oxygens (including phenoxy) is 1. The van der Waals surface area contributed by atoms with Crippen LogP contribution in [0.1, 0.15) is 33.5 Å². The third-order valence-electron chi connectivity index (χ3n) is 3.54. The Morgan fingerprint density at radius 1 is 1.23 bits per heavy atom. The molecule has 1 aromatic carbocycles. The van der Waals surface area contributed by atoms with Crippen molar-refractivity contribution in [3.63, 3.8) is 0 Å². The second-order valence-corrected chi connectivity index (χ2v) is 8.45. The van der Waals surface area contributed by atoms with Crippen LogP contribution in [0.25, 0.3) is 0 Å². The summed E-state index contributed by atoms with van der Waals surface area (Å²) in [6.45, 7) is 3.58. The standard InChI is InChI=1S/C17H20N2O5S2/c1-3-4-12-9-15(25-11(12)2)17(21)24-10-16(20)19-13-5-7-14(8-6-13)26(18,22)23/h5-9H,3-4,10H2,1-2H3,(H,19,20)(H2,18,22,23). The summed E-state index contributed by atoms with van der Waals surface area (Å²) in [7, 11) is -3.79. The minimum Gasteiger partial charge on any atom is -0.451 e. The van der Waals surface area contributed by atoms with Crippen LogP contribution in [0.5, 0.6) is 0 Å². The van der Waals surface area contributed by atoms with Gasteiger partial charge in [-0.05, 0) is 49.2 Å². The van der Waals surface area contributed by atoms with Gasteiger partial charge in [0.2, 0.25) is 10.0 Å². The van der Waals surface area contributed by atoms with Gasteiger partial charge in [-0.3, -0.25) is 4.79 Å². The molecule has 140 valence electrons. The van der Waals surface area contributed by atoms with Gasteiger partial charge in [0, 0.05) is 10.6 Å². The number of nitrogens with one attached hydrogen (secondary N) is 1. The maximum atomic E-state index is 12.1. The van der Waals surface area contributed by atoms with E-state index in [0.29, 0.717) is 10.6 Å². The molecule has 0 spiro atoms. The first-order chi connectivity index (χ1) is 12.2. The highest BCUT2D eigenvalue weighted by atomic mass is 32.2. The highest BCUT2D eigenvalue weighted by molar-refractivity contribution is 7.89. The van der Waals surface area contributed by atoms with Gasteiger partial charge in [-0.1, -0.05) is 13.3 Å². The molecule has 26 heavy (non-hydrogen) atoms. The van der Waals surface area contributed by atoms with Crippen molar-refractivity contribution in [1.29, 1.82) is 0 Å². The maximum absolute atomic E-state index is 12.1. The van der Waals surface area contributed by atoms with E-state index in [4.69, 9.17) is 9.88 Å². The number of aryl methyl sites for hydroxylation is 2. The Morgan fingerprint density at radius 3 is 2.46 bits per heavy atom. The zero-order chi connectivity index (χ0) is 19.3. The lowest BCUT2D eigenvalue weighted by Crippen LogP contribution is -2.20. The summed E-state index contributed by atoms with van der Waals surface area (Å²) in [5.74, 6) is -1.07. The number of primary sulfonamides is 1. The molecule has 2 aromatic rings. The number of carbonyl (C=O) groups is 2. The van der Waals surface area contributed by atoms with E-state index in [-0.39, 0.29) is 4.90 Å². The smallest absolute Gasteiger partial charge is 0.348 e. The highest BCUT2D eigenvalue weighted by Crippen LogP contribution is 2.23. The molecular formula is C17H20N2O5S2. The largest absolute Gasteiger partial charge is 0.451 e. The van der Waals surface area contributed by atoms with Crippen LogP contribution in [0.3, 0.4) is 0 Å². The lowest BCUT2D eigenvalue weighted by atomic mass is 10.1. The molecule has 9 heteroatoms. The van der Waals surface area contributed by atoms with Crippen molar-refractivity contribution in [1.82, 2.24) is 0 Å². The predicted molar refractivity (Wildman–Crippen MR) is 99.8 cm³/mol. The molecule has 0 radical (unpaired) electrons. The first kappa shape index (κ1) is 20.1. The molecule has 0 aliphatic rings. The van der Waals surface area contributed by atoms with Crippen LogP contribution >= 0.6 is 11.3 Å². The van der Waals surface area contributed by atoms with Crippen LogP contribution in [0, 0.1) is 6.92 Å². The van der Waals surface area contributed by atoms with E-state index in [1.807, 2.05) is 6.92 Å². The van der Waals surface area contributed by atoms with E-state index >= 15 is 0 Å². The molecular weight excluding hydrogens is 376 g/mol. The van der Waals surface area contributed by atoms with Crippen LogP contribution in [-0.4, -0.2) is 26.9 Å². The molecule has 0 aliphatic carbocycles. The van der Waals surface area contributed by atoms with Crippen molar-refractivity contribution < 1.29 is 22.7 Å². The third kappa shape index (κ3) is 5.38. The highest BCUT2D eigenvalue weighted by Gasteiger charge is 2.15. The van der Waals surface area contributed by atoms with Gasteiger partial charge >= 0.3 is 5.97 Å². The van der Waals surface area contributed by atoms with E-state index < -0.39 is 28.5 Å². The molecule has 1 amide bonds. The maximum Gasteiger partial charge on any atom is 0.348 e. The van der Waals surface area contributed by atoms with Crippen molar-refractivity contribution in [3.8, 4) is 0 Å². The minimum absolute atomic E-state index is 0.0575. The summed E-state index contributed by atoms with van der Waals surface area (Å²) in [6, 6.07) is 7.16. The Bertz CT molecular complexity index is 902. The number of thiophene rings is 1. The van der Waals surface area contributed by atoms with Gasteiger partial charge in [-0.25, -0.2) is 18.4 Å². The van der Waals surface area contributed by atoms with Crippen molar-refractivity contribution in [2.45, 2.75) is 31.6 Å². The Labute approximate surface area is 156 Å². The molecule has 3 N–H and O–H groups in total. The topological polar surface area (TPSA) is 116 Å². The van der Waals surface area contributed by atoms with Crippen molar-refractivity contribution in [2.75, 3.05) is 11.9 Å². The zero-order valence-corrected chi connectivity index (χ0v) is 16.1. The summed E-state index contributed by atoms with van der Waals surface area (Å²) >= 11 is 1.35. The fraction of sp³-hybridized carbons (Fsp3) is 0.294. The second kappa shape index (κ2) is 8.43. The SMILES string of the molecule is CCCc1cc(C(=O)OCC(=O)Nc2ccc(S(N)(=O)=O)cc2)sc1C. The van der Waals surface area contributed by atoms with Crippen LogP contribution in [0.4, 0.5) is 5.69 Å². The molecule has 0 unspecified atom stereocenters. The number of benzene rings is 1. The number of esters is 1. The van der Waals surface area contributed by atoms with Gasteiger partial charge in [0.05, 0.1) is 4.90 Å². The first-order valence-electron chi connectivity index (χ1n) is 7.90. The zero-order valence-electron chi connectivity index (χ0n) is 14.4. The van der Waals surface area contributed by atoms with E-state index in [1.165, 1.54) is 35.6 Å². The normalized spacial score (nSPS) is 11.2. The molecule has 2 rings (SSSR count). The predicted octanol–water partition coefficient (Wildman–Crippen LogP) is 2.45. The quantitative estimate of drug-likeness (QED) is 0.698. The van der Waals surface area contributed by atoms with Crippen molar-refractivity contribution in [2.24, 2.45) is 5.14 Å². The van der Waals surface area contributed by atoms with Gasteiger partial charge in [0.15, 0.2) is 6.61 Å². The van der Waals surface area contributed by atoms with Gasteiger partial charge in [0.25, 0.3) is 5.91 Å². The number of anilines is 1. The van der Waals surface area contributed by atoms with Gasteiger partial charge in [-0.15, -0.1) is 11.3 Å². The summed E-state index contributed by atoms with van der Waals surface area (Å²) in [5, 5.41) is 7.52. The van der Waals surface area contributed by atoms with Crippen LogP contribution in [0.2, 0.25) is 0 Å². The Balaban J connectivity index is 1.90. The van der Waals surface area contributed by atoms with Gasteiger partial charge < -0.3 is 10.1 Å². The average molecular weight is 396 g/mol. The summed E-state index contributed by atoms with van der Waals surface area (Å²) in [6.07, 6.45) is 1.88. The van der Waals surface area contributed by atoms with E-state index in [9.17, 15) is 18.0 Å². The Hall–Kier alpha value is -2.23. The van der Waals surface area contributed by atoms with Crippen molar-refractivity contribution >= 4 is 38.9 Å². The number of carbonyl (C=O) groups excluding carboxylic acids is 2. The molecule has 0 atom stereocenters. The summed E-state index contributed by atoms with van der Waals surface area (Å²) in [4.78, 5) is 25.4. The molecule has 0 aliphatic heterocycles. The number of hydrogen-bond acceptors (Lipinski definition) is 6. The van der Waals surface area contributed by atoms with Gasteiger partial charge in [-0.2, -0.15) is 0 Å². The number of amides is 1. The number of hydrogen-bond donors (Lipinski definition) is 2. The Kier molecular flexibility index (Phi) is 6.52. The molecule has 0 saturated carbocycles. The van der Waals surface area contributed by atoms with Gasteiger partial charge in [0.1, 0.15) is 4.88 Å². The number of rotatable bonds is 7. The molecule has 1 heterocycles. The van der Waals surface area contributed by atoms with E-state index in [0.717, 1.165) is 23.3 Å². The second-order valence-electron chi connectivity index (χ2n) is 5.64. The monoisotopic (exact) mass is 396 g/mol. The lowest BCUT2D eigenvalue weighted by molar-refractivity contribution is -0.119. The van der Waals surface area contributed by atoms with Crippen LogP contribution in [0.15, 0.2) is 35.2 Å². The third-order valence-corrected chi connectivity index (χ3v) is 5.54. The fourth-order valence-corrected chi connectivity index (χ4v) is 3.75. The fourth-order valence-electron chi connectivity index (χ4n) is 2.27. The van der Waals surface area contributed by atoms with E-state index in [1.54, 1.807) is 6.07 Å². The molecule has 0 fully saturated rings. The van der Waals surface area contributed by atoms with Crippen LogP contribution < -0.4 is 10.5 Å². The minimum atomic E-state index is -3.79. The Morgan fingerprint density at radius 2 is 1.88 bits per heavy atom. The van der Waals surface area contributed by atoms with Crippen LogP contribution in [-0.2, 0) is 26.0 Å². The molecule has 1 aromatic heterocycles. The summed E-state index contributed by atoms with van der Waals surface area (Å²) < 4.78 is 27.4. The van der Waals surface area contributed by atoms with Crippen molar-refractivity contribution in [3.05, 3.63) is 45.6 Å². The molecule has 0 bridgehead atoms. The summed E-state index contributed by atoms with van der Waals surface area (Å²) in [5.41, 5.74) is 1.49.